The Bertz CT molecular complexity index is 438. The average molecular weight is 274 g/mol. The van der Waals surface area contributed by atoms with Crippen LogP contribution in [0.5, 0.6) is 0 Å². The van der Waals surface area contributed by atoms with E-state index in [9.17, 15) is 4.79 Å². The number of amides is 1. The fourth-order valence-electron chi connectivity index (χ4n) is 2.94. The van der Waals surface area contributed by atoms with E-state index in [0.717, 1.165) is 13.0 Å². The van der Waals surface area contributed by atoms with Gasteiger partial charge in [-0.3, -0.25) is 4.79 Å². The van der Waals surface area contributed by atoms with Gasteiger partial charge in [0.15, 0.2) is 0 Å². The highest BCUT2D eigenvalue weighted by Crippen LogP contribution is 2.17. The number of benzene rings is 1. The van der Waals surface area contributed by atoms with E-state index in [4.69, 9.17) is 0 Å². The van der Waals surface area contributed by atoms with Crippen LogP contribution in [0, 0.1) is 6.92 Å². The lowest BCUT2D eigenvalue weighted by molar-refractivity contribution is -0.122. The number of hydrogen-bond acceptors (Lipinski definition) is 2. The Morgan fingerprint density at radius 1 is 1.40 bits per heavy atom. The monoisotopic (exact) mass is 274 g/mol. The molecule has 2 unspecified atom stereocenters. The topological polar surface area (TPSA) is 41.1 Å². The van der Waals surface area contributed by atoms with E-state index < -0.39 is 0 Å². The molecule has 0 aromatic heterocycles. The number of rotatable bonds is 5. The second-order valence-electron chi connectivity index (χ2n) is 5.83. The number of piperidine rings is 1. The maximum atomic E-state index is 12.0. The zero-order chi connectivity index (χ0) is 14.4. The molecule has 0 bridgehead atoms. The molecular weight excluding hydrogens is 248 g/mol. The third-order valence-electron chi connectivity index (χ3n) is 4.16. The Balaban J connectivity index is 1.77. The first-order valence-corrected chi connectivity index (χ1v) is 7.75. The van der Waals surface area contributed by atoms with Crippen LogP contribution in [0.4, 0.5) is 0 Å². The predicted octanol–water partition coefficient (Wildman–Crippen LogP) is 3.09. The molecule has 2 N–H and O–H groups in total. The molecule has 2 atom stereocenters. The molecule has 1 amide bonds. The molecule has 1 heterocycles. The van der Waals surface area contributed by atoms with Gasteiger partial charge in [-0.2, -0.15) is 0 Å². The normalized spacial score (nSPS) is 20.4. The van der Waals surface area contributed by atoms with Gasteiger partial charge in [0, 0.05) is 12.5 Å². The number of aryl methyl sites for hydroxylation is 1. The Kier molecular flexibility index (Phi) is 5.60. The van der Waals surface area contributed by atoms with E-state index in [-0.39, 0.29) is 11.9 Å². The molecule has 1 saturated heterocycles. The van der Waals surface area contributed by atoms with Gasteiger partial charge in [0.25, 0.3) is 0 Å². The van der Waals surface area contributed by atoms with Crippen LogP contribution in [-0.2, 0) is 4.79 Å². The summed E-state index contributed by atoms with van der Waals surface area (Å²) in [5.41, 5.74) is 2.44. The van der Waals surface area contributed by atoms with Gasteiger partial charge >= 0.3 is 0 Å². The van der Waals surface area contributed by atoms with Crippen molar-refractivity contribution in [3.8, 4) is 0 Å². The summed E-state index contributed by atoms with van der Waals surface area (Å²) in [7, 11) is 0. The summed E-state index contributed by atoms with van der Waals surface area (Å²) in [6.45, 7) is 5.24. The average Bonchev–Trinajstić information content (AvgIpc) is 2.46. The standard InChI is InChI=1S/C17H26N2O/c1-13-7-3-4-9-16(13)14(2)19-17(20)11-10-15-8-5-6-12-18-15/h3-4,7,9,14-15,18H,5-6,8,10-12H2,1-2H3,(H,19,20). The third kappa shape index (κ3) is 4.34. The first-order valence-electron chi connectivity index (χ1n) is 7.75. The summed E-state index contributed by atoms with van der Waals surface area (Å²) in [5, 5.41) is 6.60. The molecule has 1 fully saturated rings. The van der Waals surface area contributed by atoms with Gasteiger partial charge in [-0.15, -0.1) is 0 Å². The van der Waals surface area contributed by atoms with Crippen molar-refractivity contribution in [2.45, 2.75) is 58.0 Å². The van der Waals surface area contributed by atoms with Gasteiger partial charge in [0.05, 0.1) is 6.04 Å². The molecule has 0 aliphatic carbocycles. The second kappa shape index (κ2) is 7.44. The molecule has 1 aliphatic heterocycles. The van der Waals surface area contributed by atoms with Gasteiger partial charge in [0.1, 0.15) is 0 Å². The van der Waals surface area contributed by atoms with Crippen molar-refractivity contribution in [2.75, 3.05) is 6.54 Å². The largest absolute Gasteiger partial charge is 0.350 e. The fourth-order valence-corrected chi connectivity index (χ4v) is 2.94. The van der Waals surface area contributed by atoms with E-state index in [1.165, 1.54) is 30.4 Å². The molecule has 0 saturated carbocycles. The highest BCUT2D eigenvalue weighted by atomic mass is 16.1. The summed E-state index contributed by atoms with van der Waals surface area (Å²) in [6, 6.07) is 8.85. The van der Waals surface area contributed by atoms with Crippen LogP contribution in [-0.4, -0.2) is 18.5 Å². The Labute approximate surface area is 122 Å². The molecule has 20 heavy (non-hydrogen) atoms. The third-order valence-corrected chi connectivity index (χ3v) is 4.16. The van der Waals surface area contributed by atoms with E-state index in [2.05, 4.69) is 36.6 Å². The van der Waals surface area contributed by atoms with Crippen LogP contribution >= 0.6 is 0 Å². The van der Waals surface area contributed by atoms with Crippen molar-refractivity contribution in [1.82, 2.24) is 10.6 Å². The van der Waals surface area contributed by atoms with E-state index in [0.29, 0.717) is 12.5 Å². The molecule has 0 radical (unpaired) electrons. The van der Waals surface area contributed by atoms with Gasteiger partial charge < -0.3 is 10.6 Å². The summed E-state index contributed by atoms with van der Waals surface area (Å²) < 4.78 is 0. The molecule has 3 nitrogen and oxygen atoms in total. The lowest BCUT2D eigenvalue weighted by Gasteiger charge is -2.23. The smallest absolute Gasteiger partial charge is 0.220 e. The number of carbonyl (C=O) groups excluding carboxylic acids is 1. The maximum Gasteiger partial charge on any atom is 0.220 e. The minimum absolute atomic E-state index is 0.0861. The van der Waals surface area contributed by atoms with Crippen molar-refractivity contribution in [1.29, 1.82) is 0 Å². The first kappa shape index (κ1) is 15.0. The molecule has 0 spiro atoms. The van der Waals surface area contributed by atoms with Crippen molar-refractivity contribution >= 4 is 5.91 Å². The highest BCUT2D eigenvalue weighted by molar-refractivity contribution is 5.76. The van der Waals surface area contributed by atoms with Crippen molar-refractivity contribution in [3.05, 3.63) is 35.4 Å². The number of nitrogens with one attached hydrogen (secondary N) is 2. The summed E-state index contributed by atoms with van der Waals surface area (Å²) in [5.74, 6) is 0.160. The number of carbonyl (C=O) groups is 1. The quantitative estimate of drug-likeness (QED) is 0.866. The molecule has 1 aromatic carbocycles. The van der Waals surface area contributed by atoms with Crippen LogP contribution in [0.15, 0.2) is 24.3 Å². The SMILES string of the molecule is Cc1ccccc1C(C)NC(=O)CCC1CCCCN1. The predicted molar refractivity (Wildman–Crippen MR) is 82.6 cm³/mol. The van der Waals surface area contributed by atoms with Gasteiger partial charge in [0.2, 0.25) is 5.91 Å². The van der Waals surface area contributed by atoms with Gasteiger partial charge in [-0.05, 0) is 50.8 Å². The molecule has 1 aliphatic rings. The number of hydrogen-bond donors (Lipinski definition) is 2. The molecule has 2 rings (SSSR count). The summed E-state index contributed by atoms with van der Waals surface area (Å²) in [6.07, 6.45) is 5.34. The van der Waals surface area contributed by atoms with E-state index >= 15 is 0 Å². The summed E-state index contributed by atoms with van der Waals surface area (Å²) >= 11 is 0. The van der Waals surface area contributed by atoms with Crippen LogP contribution in [0.3, 0.4) is 0 Å². The molecule has 3 heteroatoms. The maximum absolute atomic E-state index is 12.0. The molecule has 110 valence electrons. The van der Waals surface area contributed by atoms with Crippen LogP contribution in [0.1, 0.15) is 56.2 Å². The minimum atomic E-state index is 0.0861. The van der Waals surface area contributed by atoms with E-state index in [1.807, 2.05) is 12.1 Å². The van der Waals surface area contributed by atoms with Gasteiger partial charge in [-0.1, -0.05) is 30.7 Å². The van der Waals surface area contributed by atoms with Crippen LogP contribution in [0.25, 0.3) is 0 Å². The zero-order valence-corrected chi connectivity index (χ0v) is 12.6. The van der Waals surface area contributed by atoms with Crippen molar-refractivity contribution in [3.63, 3.8) is 0 Å². The van der Waals surface area contributed by atoms with Crippen molar-refractivity contribution < 1.29 is 4.79 Å². The van der Waals surface area contributed by atoms with Crippen molar-refractivity contribution in [2.24, 2.45) is 0 Å². The second-order valence-corrected chi connectivity index (χ2v) is 5.83. The Hall–Kier alpha value is -1.35. The minimum Gasteiger partial charge on any atom is -0.350 e. The Morgan fingerprint density at radius 3 is 2.90 bits per heavy atom. The first-order chi connectivity index (χ1) is 9.66. The fraction of sp³-hybridized carbons (Fsp3) is 0.588. The van der Waals surface area contributed by atoms with Crippen LogP contribution < -0.4 is 10.6 Å². The van der Waals surface area contributed by atoms with E-state index in [1.54, 1.807) is 0 Å². The molecule has 1 aromatic rings. The summed E-state index contributed by atoms with van der Waals surface area (Å²) in [4.78, 5) is 12.0. The Morgan fingerprint density at radius 2 is 2.20 bits per heavy atom. The lowest BCUT2D eigenvalue weighted by Crippen LogP contribution is -2.35. The lowest BCUT2D eigenvalue weighted by atomic mass is 9.99. The van der Waals surface area contributed by atoms with Crippen LogP contribution in [0.2, 0.25) is 0 Å². The van der Waals surface area contributed by atoms with Gasteiger partial charge in [-0.25, -0.2) is 0 Å². The molecular formula is C17H26N2O. The highest BCUT2D eigenvalue weighted by Gasteiger charge is 2.15. The zero-order valence-electron chi connectivity index (χ0n) is 12.6.